The molecule has 2 rings (SSSR count). The van der Waals surface area contributed by atoms with E-state index < -0.39 is 0 Å². The number of nitrogens with zero attached hydrogens (tertiary/aromatic N) is 1. The molecule has 1 saturated heterocycles. The zero-order chi connectivity index (χ0) is 13.1. The van der Waals surface area contributed by atoms with Crippen molar-refractivity contribution >= 4 is 0 Å². The molecular weight excluding hydrogens is 228 g/mol. The monoisotopic (exact) mass is 250 g/mol. The van der Waals surface area contributed by atoms with Crippen LogP contribution in [0.25, 0.3) is 0 Å². The lowest BCUT2D eigenvalue weighted by molar-refractivity contribution is -0.0723. The largest absolute Gasteiger partial charge is 0.490 e. The number of pyridine rings is 1. The minimum absolute atomic E-state index is 0.204. The van der Waals surface area contributed by atoms with Crippen molar-refractivity contribution < 1.29 is 9.47 Å². The molecule has 0 radical (unpaired) electrons. The van der Waals surface area contributed by atoms with Crippen LogP contribution in [0.1, 0.15) is 37.9 Å². The third kappa shape index (κ3) is 3.21. The molecule has 2 heterocycles. The zero-order valence-corrected chi connectivity index (χ0v) is 11.3. The summed E-state index contributed by atoms with van der Waals surface area (Å²) in [6, 6.07) is 1.97. The first kappa shape index (κ1) is 13.3. The van der Waals surface area contributed by atoms with E-state index in [4.69, 9.17) is 15.2 Å². The number of aromatic nitrogens is 1. The average molecular weight is 250 g/mol. The van der Waals surface area contributed by atoms with Crippen LogP contribution in [0.5, 0.6) is 5.75 Å². The SMILES string of the molecule is Cc1cc(OC2CC(C)OC(C)C2)c(CN)cn1. The number of hydrogen-bond donors (Lipinski definition) is 1. The van der Waals surface area contributed by atoms with E-state index in [1.165, 1.54) is 0 Å². The van der Waals surface area contributed by atoms with Crippen LogP contribution in [0.3, 0.4) is 0 Å². The average Bonchev–Trinajstić information content (AvgIpc) is 2.27. The summed E-state index contributed by atoms with van der Waals surface area (Å²) in [5.41, 5.74) is 7.63. The molecule has 18 heavy (non-hydrogen) atoms. The molecule has 0 spiro atoms. The van der Waals surface area contributed by atoms with Gasteiger partial charge >= 0.3 is 0 Å². The van der Waals surface area contributed by atoms with E-state index in [1.807, 2.05) is 13.0 Å². The molecule has 2 atom stereocenters. The third-order valence-corrected chi connectivity index (χ3v) is 3.25. The van der Waals surface area contributed by atoms with E-state index in [1.54, 1.807) is 6.20 Å². The van der Waals surface area contributed by atoms with Crippen molar-refractivity contribution in [1.82, 2.24) is 4.98 Å². The standard InChI is InChI=1S/C14H22N2O2/c1-9-4-14(12(7-15)8-16-9)18-13-5-10(2)17-11(3)6-13/h4,8,10-11,13H,5-7,15H2,1-3H3. The molecule has 1 aliphatic heterocycles. The fraction of sp³-hybridized carbons (Fsp3) is 0.643. The second-order valence-electron chi connectivity index (χ2n) is 5.11. The second kappa shape index (κ2) is 5.67. The van der Waals surface area contributed by atoms with Gasteiger partial charge in [0.2, 0.25) is 0 Å². The van der Waals surface area contributed by atoms with E-state index >= 15 is 0 Å². The molecule has 4 nitrogen and oxygen atoms in total. The quantitative estimate of drug-likeness (QED) is 0.893. The Morgan fingerprint density at radius 1 is 1.39 bits per heavy atom. The lowest BCUT2D eigenvalue weighted by atomic mass is 10.0. The van der Waals surface area contributed by atoms with Gasteiger partial charge in [0.05, 0.1) is 12.2 Å². The van der Waals surface area contributed by atoms with Gasteiger partial charge in [-0.25, -0.2) is 0 Å². The van der Waals surface area contributed by atoms with Crippen molar-refractivity contribution in [2.45, 2.75) is 58.5 Å². The van der Waals surface area contributed by atoms with Crippen molar-refractivity contribution in [3.63, 3.8) is 0 Å². The van der Waals surface area contributed by atoms with Crippen molar-refractivity contribution in [1.29, 1.82) is 0 Å². The molecular formula is C14H22N2O2. The van der Waals surface area contributed by atoms with Crippen LogP contribution in [-0.2, 0) is 11.3 Å². The maximum atomic E-state index is 6.10. The summed E-state index contributed by atoms with van der Waals surface area (Å²) in [7, 11) is 0. The first-order valence-electron chi connectivity index (χ1n) is 6.56. The minimum Gasteiger partial charge on any atom is -0.490 e. The number of aryl methyl sites for hydroxylation is 1. The third-order valence-electron chi connectivity index (χ3n) is 3.25. The first-order chi connectivity index (χ1) is 8.58. The predicted octanol–water partition coefficient (Wildman–Crippen LogP) is 2.18. The Kier molecular flexibility index (Phi) is 4.19. The van der Waals surface area contributed by atoms with Gasteiger partial charge in [0.1, 0.15) is 11.9 Å². The maximum absolute atomic E-state index is 6.10. The van der Waals surface area contributed by atoms with Gasteiger partial charge < -0.3 is 15.2 Å². The van der Waals surface area contributed by atoms with E-state index in [9.17, 15) is 0 Å². The van der Waals surface area contributed by atoms with Crippen LogP contribution in [0.2, 0.25) is 0 Å². The zero-order valence-electron chi connectivity index (χ0n) is 11.3. The van der Waals surface area contributed by atoms with Crippen LogP contribution in [0.4, 0.5) is 0 Å². The highest BCUT2D eigenvalue weighted by molar-refractivity contribution is 5.32. The number of nitrogens with two attached hydrogens (primary N) is 1. The highest BCUT2D eigenvalue weighted by Crippen LogP contribution is 2.26. The maximum Gasteiger partial charge on any atom is 0.127 e. The highest BCUT2D eigenvalue weighted by Gasteiger charge is 2.26. The van der Waals surface area contributed by atoms with E-state index in [-0.39, 0.29) is 18.3 Å². The van der Waals surface area contributed by atoms with Crippen molar-refractivity contribution in [3.8, 4) is 5.75 Å². The molecule has 2 unspecified atom stereocenters. The Labute approximate surface area is 108 Å². The Morgan fingerprint density at radius 3 is 2.67 bits per heavy atom. The topological polar surface area (TPSA) is 57.4 Å². The summed E-state index contributed by atoms with van der Waals surface area (Å²) in [4.78, 5) is 4.25. The molecule has 1 aromatic rings. The van der Waals surface area contributed by atoms with E-state index in [0.29, 0.717) is 6.54 Å². The predicted molar refractivity (Wildman–Crippen MR) is 70.5 cm³/mol. The van der Waals surface area contributed by atoms with Crippen molar-refractivity contribution in [2.75, 3.05) is 0 Å². The molecule has 2 N–H and O–H groups in total. The second-order valence-corrected chi connectivity index (χ2v) is 5.11. The lowest BCUT2D eigenvalue weighted by Gasteiger charge is -2.32. The van der Waals surface area contributed by atoms with Crippen LogP contribution in [0.15, 0.2) is 12.3 Å². The molecule has 1 aromatic heterocycles. The lowest BCUT2D eigenvalue weighted by Crippen LogP contribution is -2.36. The molecule has 4 heteroatoms. The van der Waals surface area contributed by atoms with E-state index in [2.05, 4.69) is 18.8 Å². The number of hydrogen-bond acceptors (Lipinski definition) is 4. The summed E-state index contributed by atoms with van der Waals surface area (Å²) < 4.78 is 11.8. The van der Waals surface area contributed by atoms with Crippen LogP contribution < -0.4 is 10.5 Å². The first-order valence-corrected chi connectivity index (χ1v) is 6.56. The Morgan fingerprint density at radius 2 is 2.06 bits per heavy atom. The van der Waals surface area contributed by atoms with Crippen molar-refractivity contribution in [3.05, 3.63) is 23.5 Å². The summed E-state index contributed by atoms with van der Waals surface area (Å²) in [6.07, 6.45) is 4.37. The van der Waals surface area contributed by atoms with Gasteiger partial charge in [-0.2, -0.15) is 0 Å². The van der Waals surface area contributed by atoms with Crippen molar-refractivity contribution in [2.24, 2.45) is 5.73 Å². The summed E-state index contributed by atoms with van der Waals surface area (Å²) in [5.74, 6) is 0.872. The molecule has 0 aromatic carbocycles. The summed E-state index contributed by atoms with van der Waals surface area (Å²) in [5, 5.41) is 0. The Bertz CT molecular complexity index is 399. The van der Waals surface area contributed by atoms with Gasteiger partial charge in [0.15, 0.2) is 0 Å². The van der Waals surface area contributed by atoms with Gasteiger partial charge in [0, 0.05) is 42.9 Å². The smallest absolute Gasteiger partial charge is 0.127 e. The minimum atomic E-state index is 0.204. The molecule has 100 valence electrons. The number of ether oxygens (including phenoxy) is 2. The van der Waals surface area contributed by atoms with Gasteiger partial charge in [-0.1, -0.05) is 0 Å². The highest BCUT2D eigenvalue weighted by atomic mass is 16.5. The normalized spacial score (nSPS) is 28.1. The summed E-state index contributed by atoms with van der Waals surface area (Å²) in [6.45, 7) is 6.60. The van der Waals surface area contributed by atoms with Gasteiger partial charge in [-0.05, 0) is 20.8 Å². The van der Waals surface area contributed by atoms with E-state index in [0.717, 1.165) is 29.8 Å². The van der Waals surface area contributed by atoms with Gasteiger partial charge in [-0.3, -0.25) is 4.98 Å². The molecule has 0 bridgehead atoms. The molecule has 0 saturated carbocycles. The number of rotatable bonds is 3. The fourth-order valence-corrected chi connectivity index (χ4v) is 2.45. The Hall–Kier alpha value is -1.13. The molecule has 0 amide bonds. The molecule has 1 fully saturated rings. The molecule has 0 aliphatic carbocycles. The Balaban J connectivity index is 2.10. The van der Waals surface area contributed by atoms with Crippen LogP contribution in [-0.4, -0.2) is 23.3 Å². The molecule has 1 aliphatic rings. The van der Waals surface area contributed by atoms with Gasteiger partial charge in [-0.15, -0.1) is 0 Å². The fourth-order valence-electron chi connectivity index (χ4n) is 2.45. The van der Waals surface area contributed by atoms with Crippen LogP contribution in [0, 0.1) is 6.92 Å². The summed E-state index contributed by atoms with van der Waals surface area (Å²) >= 11 is 0. The van der Waals surface area contributed by atoms with Crippen LogP contribution >= 0.6 is 0 Å². The van der Waals surface area contributed by atoms with Gasteiger partial charge in [0.25, 0.3) is 0 Å².